The smallest absolute Gasteiger partial charge is 0.462 e. The summed E-state index contributed by atoms with van der Waals surface area (Å²) in [5.74, 6) is -0.800. The van der Waals surface area contributed by atoms with Crippen LogP contribution in [0, 0.1) is 0 Å². The van der Waals surface area contributed by atoms with Crippen molar-refractivity contribution in [2.24, 2.45) is 0 Å². The predicted molar refractivity (Wildman–Crippen MR) is 220 cm³/mol. The van der Waals surface area contributed by atoms with E-state index in [1.807, 2.05) is 21.1 Å². The minimum atomic E-state index is -4.37. The maximum absolute atomic E-state index is 12.6. The van der Waals surface area contributed by atoms with Crippen LogP contribution in [0.15, 0.2) is 12.2 Å². The highest BCUT2D eigenvalue weighted by Gasteiger charge is 2.27. The summed E-state index contributed by atoms with van der Waals surface area (Å²) in [5, 5.41) is 0. The van der Waals surface area contributed by atoms with Gasteiger partial charge in [0.2, 0.25) is 0 Å². The lowest BCUT2D eigenvalue weighted by Crippen LogP contribution is -2.37. The number of likely N-dealkylation sites (N-methyl/N-ethyl adjacent to an activating group) is 1. The SMILES string of the molecule is CCCCC/C=C/CCCCCCCC(=O)O[C@@H](COC(=O)CCCCCCCCCCCCCCCCCCC)COP(=O)(O)OCC[N+](C)(C)C. The van der Waals surface area contributed by atoms with Crippen molar-refractivity contribution in [3.63, 3.8) is 0 Å². The molecule has 0 fully saturated rings. The first kappa shape index (κ1) is 51.8. The van der Waals surface area contributed by atoms with Crippen molar-refractivity contribution in [1.82, 2.24) is 0 Å². The van der Waals surface area contributed by atoms with Gasteiger partial charge >= 0.3 is 19.8 Å². The van der Waals surface area contributed by atoms with Gasteiger partial charge in [-0.3, -0.25) is 18.6 Å². The number of carbonyl (C=O) groups is 2. The Morgan fingerprint density at radius 2 is 0.962 bits per heavy atom. The summed E-state index contributed by atoms with van der Waals surface area (Å²) < 4.78 is 34.3. The van der Waals surface area contributed by atoms with Crippen LogP contribution < -0.4 is 0 Å². The van der Waals surface area contributed by atoms with E-state index in [1.54, 1.807) is 0 Å². The molecule has 0 aromatic carbocycles. The number of esters is 2. The number of carbonyl (C=O) groups excluding carboxylic acids is 2. The Morgan fingerprint density at radius 3 is 1.43 bits per heavy atom. The van der Waals surface area contributed by atoms with Crippen LogP contribution in [0.5, 0.6) is 0 Å². The van der Waals surface area contributed by atoms with Crippen molar-refractivity contribution in [2.45, 2.75) is 206 Å². The number of quaternary nitrogens is 1. The number of nitrogens with zero attached hydrogens (tertiary/aromatic N) is 1. The van der Waals surface area contributed by atoms with Gasteiger partial charge in [0.25, 0.3) is 0 Å². The highest BCUT2D eigenvalue weighted by Crippen LogP contribution is 2.43. The first-order chi connectivity index (χ1) is 25.5. The molecule has 0 aromatic rings. The summed E-state index contributed by atoms with van der Waals surface area (Å²) in [7, 11) is 1.48. The fourth-order valence-electron chi connectivity index (χ4n) is 6.07. The second-order valence-electron chi connectivity index (χ2n) is 16.1. The summed E-state index contributed by atoms with van der Waals surface area (Å²) in [4.78, 5) is 35.3. The van der Waals surface area contributed by atoms with Crippen LogP contribution in [-0.2, 0) is 32.7 Å². The van der Waals surface area contributed by atoms with Crippen molar-refractivity contribution in [3.05, 3.63) is 12.2 Å². The van der Waals surface area contributed by atoms with Crippen LogP contribution in [0.4, 0.5) is 0 Å². The molecule has 0 radical (unpaired) electrons. The van der Waals surface area contributed by atoms with Crippen LogP contribution in [0.2, 0.25) is 0 Å². The lowest BCUT2D eigenvalue weighted by molar-refractivity contribution is -0.870. The first-order valence-electron chi connectivity index (χ1n) is 21.9. The third-order valence-electron chi connectivity index (χ3n) is 9.55. The lowest BCUT2D eigenvalue weighted by Gasteiger charge is -2.24. The molecule has 1 unspecified atom stereocenters. The zero-order valence-electron chi connectivity index (χ0n) is 35.3. The van der Waals surface area contributed by atoms with E-state index in [0.717, 1.165) is 51.4 Å². The molecule has 10 heteroatoms. The summed E-state index contributed by atoms with van der Waals surface area (Å²) in [6, 6.07) is 0. The van der Waals surface area contributed by atoms with Gasteiger partial charge in [0.1, 0.15) is 19.8 Å². The van der Waals surface area contributed by atoms with Crippen molar-refractivity contribution in [1.29, 1.82) is 0 Å². The lowest BCUT2D eigenvalue weighted by atomic mass is 10.0. The van der Waals surface area contributed by atoms with Gasteiger partial charge in [-0.1, -0.05) is 161 Å². The van der Waals surface area contributed by atoms with Gasteiger partial charge in [-0.25, -0.2) is 4.57 Å². The Morgan fingerprint density at radius 1 is 0.566 bits per heavy atom. The molecule has 9 nitrogen and oxygen atoms in total. The van der Waals surface area contributed by atoms with Gasteiger partial charge in [-0.15, -0.1) is 0 Å². The molecule has 0 bridgehead atoms. The second-order valence-corrected chi connectivity index (χ2v) is 17.5. The Balaban J connectivity index is 4.31. The fraction of sp³-hybridized carbons (Fsp3) is 0.907. The van der Waals surface area contributed by atoms with Crippen LogP contribution in [0.25, 0.3) is 0 Å². The number of unbranched alkanes of at least 4 members (excludes halogenated alkanes) is 24. The Bertz CT molecular complexity index is 922. The van der Waals surface area contributed by atoms with E-state index in [1.165, 1.54) is 116 Å². The number of hydrogen-bond acceptors (Lipinski definition) is 7. The van der Waals surface area contributed by atoms with Crippen molar-refractivity contribution in [2.75, 3.05) is 47.5 Å². The molecule has 0 aliphatic carbocycles. The van der Waals surface area contributed by atoms with Gasteiger partial charge in [0.05, 0.1) is 27.7 Å². The van der Waals surface area contributed by atoms with Gasteiger partial charge in [-0.2, -0.15) is 0 Å². The highest BCUT2D eigenvalue weighted by molar-refractivity contribution is 7.47. The molecule has 0 aliphatic heterocycles. The molecule has 53 heavy (non-hydrogen) atoms. The normalized spacial score (nSPS) is 13.7. The third kappa shape index (κ3) is 40.2. The first-order valence-corrected chi connectivity index (χ1v) is 23.4. The van der Waals surface area contributed by atoms with E-state index in [9.17, 15) is 19.0 Å². The number of ether oxygens (including phenoxy) is 2. The van der Waals surface area contributed by atoms with Gasteiger partial charge in [-0.05, 0) is 38.5 Å². The average molecular weight is 775 g/mol. The van der Waals surface area contributed by atoms with E-state index in [2.05, 4.69) is 26.0 Å². The molecule has 0 saturated heterocycles. The van der Waals surface area contributed by atoms with Crippen molar-refractivity contribution >= 4 is 19.8 Å². The van der Waals surface area contributed by atoms with Crippen LogP contribution in [0.1, 0.15) is 200 Å². The summed E-state index contributed by atoms with van der Waals surface area (Å²) in [5.41, 5.74) is 0. The minimum absolute atomic E-state index is 0.0331. The maximum Gasteiger partial charge on any atom is 0.472 e. The summed E-state index contributed by atoms with van der Waals surface area (Å²) in [6.45, 7) is 4.41. The quantitative estimate of drug-likeness (QED) is 0.0215. The van der Waals surface area contributed by atoms with Crippen molar-refractivity contribution < 1.29 is 42.1 Å². The number of rotatable bonds is 40. The molecular formula is C43H85NO8P+. The summed E-state index contributed by atoms with van der Waals surface area (Å²) in [6.07, 6.45) is 36.8. The average Bonchev–Trinajstić information content (AvgIpc) is 3.10. The zero-order chi connectivity index (χ0) is 39.3. The molecule has 314 valence electrons. The predicted octanol–water partition coefficient (Wildman–Crippen LogP) is 12.2. The largest absolute Gasteiger partial charge is 0.472 e. The van der Waals surface area contributed by atoms with E-state index < -0.39 is 26.5 Å². The number of allylic oxidation sites excluding steroid dienone is 2. The molecule has 0 spiro atoms. The molecule has 0 rings (SSSR count). The fourth-order valence-corrected chi connectivity index (χ4v) is 6.81. The molecule has 0 saturated carbocycles. The topological polar surface area (TPSA) is 108 Å². The van der Waals surface area contributed by atoms with E-state index in [-0.39, 0.29) is 25.6 Å². The molecule has 0 heterocycles. The zero-order valence-corrected chi connectivity index (χ0v) is 36.2. The third-order valence-corrected chi connectivity index (χ3v) is 10.5. The molecule has 0 amide bonds. The van der Waals surface area contributed by atoms with Gasteiger partial charge in [0.15, 0.2) is 6.10 Å². The molecule has 0 aliphatic rings. The minimum Gasteiger partial charge on any atom is -0.462 e. The Kier molecular flexibility index (Phi) is 35.5. The van der Waals surface area contributed by atoms with E-state index >= 15 is 0 Å². The monoisotopic (exact) mass is 775 g/mol. The molecule has 0 aromatic heterocycles. The Labute approximate surface area is 326 Å². The summed E-state index contributed by atoms with van der Waals surface area (Å²) >= 11 is 0. The Hall–Kier alpha value is -1.25. The van der Waals surface area contributed by atoms with Crippen molar-refractivity contribution in [3.8, 4) is 0 Å². The maximum atomic E-state index is 12.6. The van der Waals surface area contributed by atoms with Crippen LogP contribution in [-0.4, -0.2) is 74.9 Å². The number of phosphoric ester groups is 1. The van der Waals surface area contributed by atoms with Gasteiger partial charge < -0.3 is 18.9 Å². The molecule has 2 atom stereocenters. The van der Waals surface area contributed by atoms with Crippen LogP contribution >= 0.6 is 7.82 Å². The van der Waals surface area contributed by atoms with E-state index in [4.69, 9.17) is 18.5 Å². The van der Waals surface area contributed by atoms with Gasteiger partial charge in [0, 0.05) is 12.8 Å². The number of hydrogen-bond donors (Lipinski definition) is 1. The van der Waals surface area contributed by atoms with E-state index in [0.29, 0.717) is 23.9 Å². The second kappa shape index (κ2) is 36.4. The highest BCUT2D eigenvalue weighted by atomic mass is 31.2. The van der Waals surface area contributed by atoms with Crippen LogP contribution in [0.3, 0.4) is 0 Å². The molecule has 1 N–H and O–H groups in total. The number of phosphoric acid groups is 1. The standard InChI is InChI=1S/C43H84NO8P/c1-6-8-10-12-14-16-18-20-21-22-23-24-26-27-29-31-33-35-42(45)49-39-41(40-51-53(47,48)50-38-37-44(3,4)5)52-43(46)36-34-32-30-28-25-19-17-15-13-11-9-7-2/h15,17,41H,6-14,16,18-40H2,1-5H3/p+1/b17-15+/t41-/m0/s1. The molecular weight excluding hydrogens is 689 g/mol.